The summed E-state index contributed by atoms with van der Waals surface area (Å²) in [5.74, 6) is 3.76. The standard InChI is InChI=1S/C18H29N3/c1-14(2)10-19-11-17-4-3-9-20-18(17)21(12-15-5-6-15)13-16-7-8-16/h3-4,9,14-16,19H,5-8,10-13H2,1-2H3. The van der Waals surface area contributed by atoms with Crippen LogP contribution in [-0.4, -0.2) is 24.6 Å². The van der Waals surface area contributed by atoms with Gasteiger partial charge in [0, 0.05) is 31.4 Å². The third kappa shape index (κ3) is 4.70. The van der Waals surface area contributed by atoms with Gasteiger partial charge in [0.15, 0.2) is 0 Å². The number of rotatable bonds is 9. The van der Waals surface area contributed by atoms with Crippen molar-refractivity contribution in [3.63, 3.8) is 0 Å². The van der Waals surface area contributed by atoms with Gasteiger partial charge in [0.05, 0.1) is 0 Å². The molecule has 0 radical (unpaired) electrons. The molecule has 1 N–H and O–H groups in total. The van der Waals surface area contributed by atoms with Crippen LogP contribution in [0.25, 0.3) is 0 Å². The average molecular weight is 287 g/mol. The van der Waals surface area contributed by atoms with Crippen LogP contribution in [0.2, 0.25) is 0 Å². The molecule has 21 heavy (non-hydrogen) atoms. The van der Waals surface area contributed by atoms with Gasteiger partial charge < -0.3 is 10.2 Å². The van der Waals surface area contributed by atoms with Gasteiger partial charge in [0.1, 0.15) is 5.82 Å². The van der Waals surface area contributed by atoms with Crippen molar-refractivity contribution in [2.75, 3.05) is 24.5 Å². The molecule has 2 fully saturated rings. The van der Waals surface area contributed by atoms with Crippen molar-refractivity contribution in [1.82, 2.24) is 10.3 Å². The van der Waals surface area contributed by atoms with Gasteiger partial charge in [-0.25, -0.2) is 4.98 Å². The molecule has 3 heteroatoms. The first-order valence-corrected chi connectivity index (χ1v) is 8.62. The van der Waals surface area contributed by atoms with Crippen LogP contribution in [0.5, 0.6) is 0 Å². The molecule has 0 atom stereocenters. The van der Waals surface area contributed by atoms with Crippen LogP contribution in [0.15, 0.2) is 18.3 Å². The van der Waals surface area contributed by atoms with Crippen LogP contribution < -0.4 is 10.2 Å². The maximum Gasteiger partial charge on any atom is 0.133 e. The lowest BCUT2D eigenvalue weighted by Crippen LogP contribution is -2.31. The summed E-state index contributed by atoms with van der Waals surface area (Å²) in [6, 6.07) is 4.31. The Balaban J connectivity index is 1.67. The van der Waals surface area contributed by atoms with Gasteiger partial charge in [0.25, 0.3) is 0 Å². The lowest BCUT2D eigenvalue weighted by atomic mass is 10.2. The van der Waals surface area contributed by atoms with Crippen LogP contribution in [-0.2, 0) is 6.54 Å². The molecule has 3 rings (SSSR count). The van der Waals surface area contributed by atoms with E-state index in [1.165, 1.54) is 50.2 Å². The molecule has 1 heterocycles. The number of nitrogens with one attached hydrogen (secondary N) is 1. The lowest BCUT2D eigenvalue weighted by molar-refractivity contribution is 0.550. The van der Waals surface area contributed by atoms with E-state index in [1.807, 2.05) is 6.20 Å². The van der Waals surface area contributed by atoms with E-state index in [0.29, 0.717) is 5.92 Å². The molecular formula is C18H29N3. The molecule has 0 unspecified atom stereocenters. The molecule has 1 aromatic rings. The van der Waals surface area contributed by atoms with Crippen molar-refractivity contribution in [2.24, 2.45) is 17.8 Å². The van der Waals surface area contributed by atoms with Gasteiger partial charge in [-0.05, 0) is 56.0 Å². The summed E-state index contributed by atoms with van der Waals surface area (Å²) in [5, 5.41) is 3.57. The summed E-state index contributed by atoms with van der Waals surface area (Å²) in [4.78, 5) is 7.30. The van der Waals surface area contributed by atoms with Gasteiger partial charge in [-0.1, -0.05) is 19.9 Å². The highest BCUT2D eigenvalue weighted by Gasteiger charge is 2.30. The van der Waals surface area contributed by atoms with Crippen molar-refractivity contribution < 1.29 is 0 Å². The molecule has 0 spiro atoms. The van der Waals surface area contributed by atoms with Crippen molar-refractivity contribution in [2.45, 2.75) is 46.1 Å². The summed E-state index contributed by atoms with van der Waals surface area (Å²) in [6.45, 7) is 8.94. The van der Waals surface area contributed by atoms with Gasteiger partial charge >= 0.3 is 0 Å². The molecule has 2 aliphatic carbocycles. The SMILES string of the molecule is CC(C)CNCc1cccnc1N(CC1CC1)CC1CC1. The largest absolute Gasteiger partial charge is 0.356 e. The van der Waals surface area contributed by atoms with Gasteiger partial charge in [-0.3, -0.25) is 0 Å². The maximum atomic E-state index is 4.72. The molecule has 0 aliphatic heterocycles. The minimum atomic E-state index is 0.694. The van der Waals surface area contributed by atoms with E-state index in [-0.39, 0.29) is 0 Å². The van der Waals surface area contributed by atoms with Crippen LogP contribution in [0.3, 0.4) is 0 Å². The maximum absolute atomic E-state index is 4.72. The Morgan fingerprint density at radius 2 is 1.86 bits per heavy atom. The minimum absolute atomic E-state index is 0.694. The van der Waals surface area contributed by atoms with Crippen LogP contribution in [0.1, 0.15) is 45.1 Å². The van der Waals surface area contributed by atoms with Crippen LogP contribution in [0, 0.1) is 17.8 Å². The Hall–Kier alpha value is -1.09. The highest BCUT2D eigenvalue weighted by Crippen LogP contribution is 2.36. The van der Waals surface area contributed by atoms with E-state index in [0.717, 1.165) is 24.9 Å². The second-order valence-electron chi connectivity index (χ2n) is 7.30. The molecule has 3 nitrogen and oxygen atoms in total. The minimum Gasteiger partial charge on any atom is -0.356 e. The third-order valence-electron chi connectivity index (χ3n) is 4.39. The fourth-order valence-corrected chi connectivity index (χ4v) is 2.82. The Kier molecular flexibility index (Phi) is 4.79. The first-order valence-electron chi connectivity index (χ1n) is 8.62. The van der Waals surface area contributed by atoms with Gasteiger partial charge in [-0.2, -0.15) is 0 Å². The fourth-order valence-electron chi connectivity index (χ4n) is 2.82. The number of hydrogen-bond acceptors (Lipinski definition) is 3. The van der Waals surface area contributed by atoms with Crippen LogP contribution >= 0.6 is 0 Å². The van der Waals surface area contributed by atoms with E-state index >= 15 is 0 Å². The van der Waals surface area contributed by atoms with Gasteiger partial charge in [0.2, 0.25) is 0 Å². The number of nitrogens with zero attached hydrogens (tertiary/aromatic N) is 2. The molecule has 0 saturated heterocycles. The Labute approximate surface area is 129 Å². The average Bonchev–Trinajstić information content (AvgIpc) is 3.34. The highest BCUT2D eigenvalue weighted by atomic mass is 15.2. The van der Waals surface area contributed by atoms with E-state index in [2.05, 4.69) is 36.2 Å². The monoisotopic (exact) mass is 287 g/mol. The topological polar surface area (TPSA) is 28.2 Å². The summed E-state index contributed by atoms with van der Waals surface area (Å²) in [5.41, 5.74) is 1.36. The van der Waals surface area contributed by atoms with E-state index in [1.54, 1.807) is 0 Å². The van der Waals surface area contributed by atoms with Crippen molar-refractivity contribution in [3.05, 3.63) is 23.9 Å². The number of pyridine rings is 1. The normalized spacial score (nSPS) is 18.2. The molecular weight excluding hydrogens is 258 g/mol. The second-order valence-corrected chi connectivity index (χ2v) is 7.30. The molecule has 2 saturated carbocycles. The van der Waals surface area contributed by atoms with Crippen molar-refractivity contribution >= 4 is 5.82 Å². The summed E-state index contributed by atoms with van der Waals surface area (Å²) < 4.78 is 0. The summed E-state index contributed by atoms with van der Waals surface area (Å²) in [6.07, 6.45) is 7.60. The molecule has 116 valence electrons. The number of aromatic nitrogens is 1. The number of anilines is 1. The van der Waals surface area contributed by atoms with Crippen molar-refractivity contribution in [3.8, 4) is 0 Å². The summed E-state index contributed by atoms with van der Waals surface area (Å²) in [7, 11) is 0. The smallest absolute Gasteiger partial charge is 0.133 e. The zero-order chi connectivity index (χ0) is 14.7. The first kappa shape index (κ1) is 14.8. The predicted molar refractivity (Wildman–Crippen MR) is 88.4 cm³/mol. The molecule has 0 amide bonds. The van der Waals surface area contributed by atoms with E-state index in [4.69, 9.17) is 4.98 Å². The Morgan fingerprint density at radius 3 is 2.43 bits per heavy atom. The summed E-state index contributed by atoms with van der Waals surface area (Å²) >= 11 is 0. The Morgan fingerprint density at radius 1 is 1.19 bits per heavy atom. The molecule has 0 bridgehead atoms. The van der Waals surface area contributed by atoms with E-state index in [9.17, 15) is 0 Å². The predicted octanol–water partition coefficient (Wildman–Crippen LogP) is 3.45. The third-order valence-corrected chi connectivity index (χ3v) is 4.39. The fraction of sp³-hybridized carbons (Fsp3) is 0.722. The molecule has 2 aliphatic rings. The second kappa shape index (κ2) is 6.78. The quantitative estimate of drug-likeness (QED) is 0.754. The Bertz CT molecular complexity index is 436. The first-order chi connectivity index (χ1) is 10.2. The lowest BCUT2D eigenvalue weighted by Gasteiger charge is -2.26. The highest BCUT2D eigenvalue weighted by molar-refractivity contribution is 5.47. The zero-order valence-electron chi connectivity index (χ0n) is 13.5. The van der Waals surface area contributed by atoms with Gasteiger partial charge in [-0.15, -0.1) is 0 Å². The van der Waals surface area contributed by atoms with E-state index < -0.39 is 0 Å². The van der Waals surface area contributed by atoms with Crippen LogP contribution in [0.4, 0.5) is 5.82 Å². The zero-order valence-corrected chi connectivity index (χ0v) is 13.5. The number of hydrogen-bond donors (Lipinski definition) is 1. The molecule has 1 aromatic heterocycles. The molecule has 0 aromatic carbocycles. The van der Waals surface area contributed by atoms with Crippen molar-refractivity contribution in [1.29, 1.82) is 0 Å².